The van der Waals surface area contributed by atoms with Gasteiger partial charge in [-0.25, -0.2) is 10.1 Å². The summed E-state index contributed by atoms with van der Waals surface area (Å²) >= 11 is 0. The van der Waals surface area contributed by atoms with E-state index < -0.39 is 5.91 Å². The van der Waals surface area contributed by atoms with Gasteiger partial charge in [0.2, 0.25) is 5.91 Å². The molecular weight excluding hydrogens is 346 g/mol. The Morgan fingerprint density at radius 3 is 2.48 bits per heavy atom. The Morgan fingerprint density at radius 2 is 1.81 bits per heavy atom. The van der Waals surface area contributed by atoms with Crippen molar-refractivity contribution in [2.45, 2.75) is 6.92 Å². The number of hydrazone groups is 1. The van der Waals surface area contributed by atoms with Crippen molar-refractivity contribution in [2.75, 3.05) is 5.32 Å². The van der Waals surface area contributed by atoms with Crippen LogP contribution in [0.3, 0.4) is 0 Å². The Bertz CT molecular complexity index is 978. The number of carbonyl (C=O) groups excluding carboxylic acids is 2. The van der Waals surface area contributed by atoms with E-state index in [0.29, 0.717) is 5.69 Å². The molecule has 3 rings (SSSR count). The van der Waals surface area contributed by atoms with Crippen LogP contribution in [0.15, 0.2) is 65.9 Å². The lowest BCUT2D eigenvalue weighted by Crippen LogP contribution is -2.18. The second-order valence-corrected chi connectivity index (χ2v) is 5.65. The van der Waals surface area contributed by atoms with E-state index in [1.165, 1.54) is 24.0 Å². The molecule has 2 amide bonds. The highest BCUT2D eigenvalue weighted by Crippen LogP contribution is 2.17. The van der Waals surface area contributed by atoms with Crippen molar-refractivity contribution >= 4 is 23.7 Å². The number of aromatic hydroxyl groups is 1. The van der Waals surface area contributed by atoms with Crippen LogP contribution in [0.2, 0.25) is 0 Å². The van der Waals surface area contributed by atoms with Gasteiger partial charge in [0.25, 0.3) is 5.91 Å². The minimum Gasteiger partial charge on any atom is -0.504 e. The topological polar surface area (TPSA) is 109 Å². The van der Waals surface area contributed by atoms with E-state index >= 15 is 0 Å². The fraction of sp³-hybridized carbons (Fsp3) is 0.0526. The molecule has 0 radical (unpaired) electrons. The molecule has 1 aromatic heterocycles. The first-order chi connectivity index (χ1) is 13.0. The third-order valence-corrected chi connectivity index (χ3v) is 3.54. The van der Waals surface area contributed by atoms with Crippen LogP contribution < -0.4 is 10.7 Å². The van der Waals surface area contributed by atoms with Gasteiger partial charge < -0.3 is 10.4 Å². The first-order valence-corrected chi connectivity index (χ1v) is 8.08. The molecular formula is C19H17N5O3. The number of hydrogen-bond donors (Lipinski definition) is 3. The number of aromatic nitrogens is 2. The molecule has 0 aliphatic heterocycles. The summed E-state index contributed by atoms with van der Waals surface area (Å²) in [5, 5.41) is 20.6. The SMILES string of the molecule is CC(=O)Nc1ccc(/C=N/NC(=O)c2nn(-c3ccccc3)cc2O)cc1. The summed E-state index contributed by atoms with van der Waals surface area (Å²) < 4.78 is 1.41. The lowest BCUT2D eigenvalue weighted by molar-refractivity contribution is -0.114. The number of hydrogen-bond acceptors (Lipinski definition) is 5. The van der Waals surface area contributed by atoms with Crippen molar-refractivity contribution < 1.29 is 14.7 Å². The smallest absolute Gasteiger partial charge is 0.295 e. The molecule has 0 fully saturated rings. The van der Waals surface area contributed by atoms with Crippen LogP contribution in [0, 0.1) is 0 Å². The largest absolute Gasteiger partial charge is 0.504 e. The average Bonchev–Trinajstić information content (AvgIpc) is 3.05. The van der Waals surface area contributed by atoms with Crippen molar-refractivity contribution in [3.05, 3.63) is 72.1 Å². The summed E-state index contributed by atoms with van der Waals surface area (Å²) in [6.45, 7) is 1.43. The zero-order valence-corrected chi connectivity index (χ0v) is 14.5. The fourth-order valence-corrected chi connectivity index (χ4v) is 2.31. The summed E-state index contributed by atoms with van der Waals surface area (Å²) in [4.78, 5) is 23.2. The van der Waals surface area contributed by atoms with Gasteiger partial charge in [-0.15, -0.1) is 0 Å². The molecule has 0 unspecified atom stereocenters. The molecule has 3 N–H and O–H groups in total. The predicted octanol–water partition coefficient (Wildman–Crippen LogP) is 2.30. The summed E-state index contributed by atoms with van der Waals surface area (Å²) in [5.41, 5.74) is 4.31. The van der Waals surface area contributed by atoms with Crippen LogP contribution in [0.5, 0.6) is 5.75 Å². The molecule has 27 heavy (non-hydrogen) atoms. The number of carbonyl (C=O) groups is 2. The van der Waals surface area contributed by atoms with Gasteiger partial charge in [-0.2, -0.15) is 10.2 Å². The lowest BCUT2D eigenvalue weighted by Gasteiger charge is -2.01. The number of anilines is 1. The van der Waals surface area contributed by atoms with Crippen LogP contribution in [0.1, 0.15) is 23.0 Å². The lowest BCUT2D eigenvalue weighted by atomic mass is 10.2. The highest BCUT2D eigenvalue weighted by atomic mass is 16.3. The second-order valence-electron chi connectivity index (χ2n) is 5.65. The minimum atomic E-state index is -0.631. The highest BCUT2D eigenvalue weighted by Gasteiger charge is 2.16. The van der Waals surface area contributed by atoms with Gasteiger partial charge in [0.15, 0.2) is 11.4 Å². The number of amides is 2. The van der Waals surface area contributed by atoms with Crippen molar-refractivity contribution in [1.82, 2.24) is 15.2 Å². The normalized spacial score (nSPS) is 10.7. The van der Waals surface area contributed by atoms with E-state index in [2.05, 4.69) is 20.9 Å². The summed E-state index contributed by atoms with van der Waals surface area (Å²) in [6, 6.07) is 16.0. The fourth-order valence-electron chi connectivity index (χ4n) is 2.31. The molecule has 0 aliphatic rings. The quantitative estimate of drug-likeness (QED) is 0.477. The van der Waals surface area contributed by atoms with E-state index in [4.69, 9.17) is 0 Å². The van der Waals surface area contributed by atoms with Crippen LogP contribution in [-0.4, -0.2) is 32.9 Å². The van der Waals surface area contributed by atoms with E-state index in [1.807, 2.05) is 18.2 Å². The molecule has 8 heteroatoms. The predicted molar refractivity (Wildman–Crippen MR) is 101 cm³/mol. The van der Waals surface area contributed by atoms with Gasteiger partial charge in [0.1, 0.15) is 0 Å². The van der Waals surface area contributed by atoms with Gasteiger partial charge >= 0.3 is 0 Å². The second kappa shape index (κ2) is 7.96. The third kappa shape index (κ3) is 4.57. The molecule has 0 atom stereocenters. The zero-order valence-electron chi connectivity index (χ0n) is 14.5. The molecule has 3 aromatic rings. The monoisotopic (exact) mass is 363 g/mol. The van der Waals surface area contributed by atoms with Crippen LogP contribution in [0.25, 0.3) is 5.69 Å². The molecule has 8 nitrogen and oxygen atoms in total. The van der Waals surface area contributed by atoms with Gasteiger partial charge in [-0.1, -0.05) is 30.3 Å². The highest BCUT2D eigenvalue weighted by molar-refractivity contribution is 5.95. The maximum Gasteiger partial charge on any atom is 0.295 e. The van der Waals surface area contributed by atoms with Crippen molar-refractivity contribution in [3.63, 3.8) is 0 Å². The summed E-state index contributed by atoms with van der Waals surface area (Å²) in [6.07, 6.45) is 2.80. The molecule has 136 valence electrons. The zero-order chi connectivity index (χ0) is 19.2. The minimum absolute atomic E-state index is 0.128. The number of nitrogens with zero attached hydrogens (tertiary/aromatic N) is 3. The Balaban J connectivity index is 1.65. The molecule has 1 heterocycles. The molecule has 0 spiro atoms. The molecule has 0 saturated carbocycles. The Labute approximate surface area is 155 Å². The summed E-state index contributed by atoms with van der Waals surface area (Å²) in [7, 11) is 0. The first kappa shape index (κ1) is 17.9. The van der Waals surface area contributed by atoms with Gasteiger partial charge in [-0.05, 0) is 29.8 Å². The average molecular weight is 363 g/mol. The Hall–Kier alpha value is -3.94. The van der Waals surface area contributed by atoms with Crippen molar-refractivity contribution in [1.29, 1.82) is 0 Å². The first-order valence-electron chi connectivity index (χ1n) is 8.08. The molecule has 0 saturated heterocycles. The van der Waals surface area contributed by atoms with E-state index in [1.54, 1.807) is 36.4 Å². The van der Waals surface area contributed by atoms with Gasteiger partial charge in [-0.3, -0.25) is 9.59 Å². The van der Waals surface area contributed by atoms with Gasteiger partial charge in [0, 0.05) is 12.6 Å². The van der Waals surface area contributed by atoms with E-state index in [0.717, 1.165) is 11.3 Å². The standard InChI is InChI=1S/C19H17N5O3/c1-13(25)21-15-9-7-14(8-10-15)11-20-22-19(27)18-17(26)12-24(23-18)16-5-3-2-4-6-16/h2-12,26H,1H3,(H,21,25)(H,22,27)/b20-11+. The maximum absolute atomic E-state index is 12.2. The number of rotatable bonds is 5. The number of para-hydroxylation sites is 1. The third-order valence-electron chi connectivity index (χ3n) is 3.54. The van der Waals surface area contributed by atoms with Crippen LogP contribution >= 0.6 is 0 Å². The number of benzene rings is 2. The van der Waals surface area contributed by atoms with E-state index in [9.17, 15) is 14.7 Å². The van der Waals surface area contributed by atoms with Crippen molar-refractivity contribution in [2.24, 2.45) is 5.10 Å². The van der Waals surface area contributed by atoms with E-state index in [-0.39, 0.29) is 17.4 Å². The van der Waals surface area contributed by atoms with Crippen LogP contribution in [0.4, 0.5) is 5.69 Å². The molecule has 0 aliphatic carbocycles. The van der Waals surface area contributed by atoms with Crippen molar-refractivity contribution in [3.8, 4) is 11.4 Å². The van der Waals surface area contributed by atoms with Gasteiger partial charge in [0.05, 0.1) is 18.1 Å². The van der Waals surface area contributed by atoms with Crippen LogP contribution in [-0.2, 0) is 4.79 Å². The Morgan fingerprint density at radius 1 is 1.11 bits per heavy atom. The molecule has 2 aromatic carbocycles. The molecule has 0 bridgehead atoms. The Kier molecular flexibility index (Phi) is 5.27. The summed E-state index contributed by atoms with van der Waals surface area (Å²) in [5.74, 6) is -1.03. The maximum atomic E-state index is 12.2. The number of nitrogens with one attached hydrogen (secondary N) is 2.